The van der Waals surface area contributed by atoms with Crippen LogP contribution in [0.3, 0.4) is 0 Å². The van der Waals surface area contributed by atoms with Gasteiger partial charge in [0.2, 0.25) is 0 Å². The Morgan fingerprint density at radius 3 is 2.72 bits per heavy atom. The van der Waals surface area contributed by atoms with Crippen LogP contribution < -0.4 is 11.1 Å². The van der Waals surface area contributed by atoms with E-state index in [1.165, 1.54) is 6.20 Å². The van der Waals surface area contributed by atoms with E-state index in [0.717, 1.165) is 13.7 Å². The smallest absolute Gasteiger partial charge is 0.257 e. The Hall–Kier alpha value is -1.15. The maximum atomic E-state index is 11.9. The normalized spacial score (nSPS) is 10.1. The molecule has 0 unspecified atom stereocenters. The lowest BCUT2D eigenvalue weighted by molar-refractivity contribution is 0.102. The van der Waals surface area contributed by atoms with Crippen LogP contribution in [0.2, 0.25) is 0 Å². The molecule has 18 heavy (non-hydrogen) atoms. The molecule has 2 rings (SSSR count). The van der Waals surface area contributed by atoms with Crippen LogP contribution in [-0.4, -0.2) is 10.9 Å². The van der Waals surface area contributed by atoms with Crippen molar-refractivity contribution in [1.82, 2.24) is 4.98 Å². The number of nitrogens with two attached hydrogens (primary N) is 1. The van der Waals surface area contributed by atoms with Gasteiger partial charge in [-0.15, -0.1) is 0 Å². The molecule has 0 saturated heterocycles. The molecule has 3 N–H and O–H groups in total. The quantitative estimate of drug-likeness (QED) is 0.736. The summed E-state index contributed by atoms with van der Waals surface area (Å²) in [5.41, 5.74) is 6.68. The third kappa shape index (κ3) is 3.20. The van der Waals surface area contributed by atoms with Crippen LogP contribution in [0.15, 0.2) is 41.0 Å². The number of nitrogens with one attached hydrogen (secondary N) is 1. The van der Waals surface area contributed by atoms with Gasteiger partial charge in [-0.3, -0.25) is 4.79 Å². The number of halogens is 2. The van der Waals surface area contributed by atoms with Gasteiger partial charge in [0.1, 0.15) is 5.82 Å². The number of hydrogen-bond donors (Lipinski definition) is 2. The molecule has 0 saturated carbocycles. The fourth-order valence-corrected chi connectivity index (χ4v) is 2.08. The molecule has 0 atom stereocenters. The van der Waals surface area contributed by atoms with Crippen molar-refractivity contribution in [2.75, 3.05) is 11.1 Å². The highest BCUT2D eigenvalue weighted by atomic mass is 127. The average molecular weight is 418 g/mol. The number of carbonyl (C=O) groups is 1. The predicted octanol–water partition coefficient (Wildman–Crippen LogP) is 3.28. The highest BCUT2D eigenvalue weighted by Gasteiger charge is 2.07. The molecule has 0 aliphatic carbocycles. The summed E-state index contributed by atoms with van der Waals surface area (Å²) < 4.78 is 2.02. The molecule has 0 radical (unpaired) electrons. The van der Waals surface area contributed by atoms with E-state index in [0.29, 0.717) is 11.4 Å². The Labute approximate surface area is 126 Å². The maximum Gasteiger partial charge on any atom is 0.257 e. The van der Waals surface area contributed by atoms with Crippen LogP contribution in [0, 0.1) is 3.57 Å². The van der Waals surface area contributed by atoms with E-state index in [1.54, 1.807) is 12.1 Å². The van der Waals surface area contributed by atoms with Crippen LogP contribution in [0.25, 0.3) is 0 Å². The van der Waals surface area contributed by atoms with Crippen molar-refractivity contribution in [2.45, 2.75) is 0 Å². The fraction of sp³-hybridized carbons (Fsp3) is 0. The Morgan fingerprint density at radius 1 is 1.33 bits per heavy atom. The van der Waals surface area contributed by atoms with Gasteiger partial charge >= 0.3 is 0 Å². The van der Waals surface area contributed by atoms with E-state index >= 15 is 0 Å². The Morgan fingerprint density at radius 2 is 2.11 bits per heavy atom. The summed E-state index contributed by atoms with van der Waals surface area (Å²) in [7, 11) is 0. The van der Waals surface area contributed by atoms with Gasteiger partial charge < -0.3 is 11.1 Å². The molecule has 1 heterocycles. The number of carbonyl (C=O) groups excluding carboxylic acids is 1. The Kier molecular flexibility index (Phi) is 4.18. The number of rotatable bonds is 2. The third-order valence-corrected chi connectivity index (χ3v) is 4.55. The Balaban J connectivity index is 2.16. The zero-order valence-corrected chi connectivity index (χ0v) is 12.9. The summed E-state index contributed by atoms with van der Waals surface area (Å²) in [5.74, 6) is 0.186. The van der Waals surface area contributed by atoms with E-state index in [-0.39, 0.29) is 5.91 Å². The molecule has 6 heteroatoms. The molecule has 0 aliphatic heterocycles. The van der Waals surface area contributed by atoms with Crippen LogP contribution in [0.5, 0.6) is 0 Å². The molecular formula is C12H9BrIN3O. The van der Waals surface area contributed by atoms with E-state index in [1.807, 2.05) is 18.2 Å². The number of nitrogens with zero attached hydrogens (tertiary/aromatic N) is 1. The second-order valence-electron chi connectivity index (χ2n) is 3.55. The number of amides is 1. The van der Waals surface area contributed by atoms with Crippen molar-refractivity contribution in [3.05, 3.63) is 50.1 Å². The van der Waals surface area contributed by atoms with E-state index in [9.17, 15) is 4.79 Å². The Bertz CT molecular complexity index is 586. The lowest BCUT2D eigenvalue weighted by Crippen LogP contribution is -2.12. The number of benzene rings is 1. The van der Waals surface area contributed by atoms with Crippen molar-refractivity contribution in [2.24, 2.45) is 0 Å². The molecule has 0 aliphatic rings. The maximum absolute atomic E-state index is 11.9. The topological polar surface area (TPSA) is 68.0 Å². The van der Waals surface area contributed by atoms with Gasteiger partial charge in [-0.1, -0.05) is 0 Å². The summed E-state index contributed by atoms with van der Waals surface area (Å²) in [5, 5.41) is 2.80. The largest absolute Gasteiger partial charge is 0.384 e. The zero-order chi connectivity index (χ0) is 13.1. The highest BCUT2D eigenvalue weighted by Crippen LogP contribution is 2.22. The minimum absolute atomic E-state index is 0.208. The lowest BCUT2D eigenvalue weighted by Gasteiger charge is -2.06. The van der Waals surface area contributed by atoms with Crippen molar-refractivity contribution < 1.29 is 4.79 Å². The average Bonchev–Trinajstić information content (AvgIpc) is 2.34. The lowest BCUT2D eigenvalue weighted by atomic mass is 10.2. The first-order chi connectivity index (χ1) is 8.56. The highest BCUT2D eigenvalue weighted by molar-refractivity contribution is 14.1. The third-order valence-electron chi connectivity index (χ3n) is 2.23. The molecule has 4 nitrogen and oxygen atoms in total. The first-order valence-electron chi connectivity index (χ1n) is 5.04. The molecule has 1 aromatic carbocycles. The van der Waals surface area contributed by atoms with Gasteiger partial charge in [-0.25, -0.2) is 4.98 Å². The van der Waals surface area contributed by atoms with E-state index in [4.69, 9.17) is 5.73 Å². The molecule has 1 amide bonds. The van der Waals surface area contributed by atoms with Crippen molar-refractivity contribution >= 4 is 55.9 Å². The number of hydrogen-bond acceptors (Lipinski definition) is 3. The summed E-state index contributed by atoms with van der Waals surface area (Å²) in [6.45, 7) is 0. The van der Waals surface area contributed by atoms with Gasteiger partial charge in [0.25, 0.3) is 5.91 Å². The molecule has 2 aromatic rings. The first kappa shape index (κ1) is 13.3. The number of pyridine rings is 1. The van der Waals surface area contributed by atoms with Gasteiger partial charge in [-0.2, -0.15) is 0 Å². The summed E-state index contributed by atoms with van der Waals surface area (Å²) in [6, 6.07) is 8.84. The molecule has 92 valence electrons. The number of anilines is 2. The number of nitrogen functional groups attached to an aromatic ring is 1. The van der Waals surface area contributed by atoms with E-state index in [2.05, 4.69) is 48.8 Å². The molecule has 0 spiro atoms. The molecular weight excluding hydrogens is 409 g/mol. The first-order valence-corrected chi connectivity index (χ1v) is 6.91. The van der Waals surface area contributed by atoms with Gasteiger partial charge in [0, 0.05) is 19.9 Å². The second-order valence-corrected chi connectivity index (χ2v) is 5.57. The molecule has 0 bridgehead atoms. The van der Waals surface area contributed by atoms with E-state index < -0.39 is 0 Å². The zero-order valence-electron chi connectivity index (χ0n) is 9.15. The van der Waals surface area contributed by atoms with Gasteiger partial charge in [0.15, 0.2) is 0 Å². The van der Waals surface area contributed by atoms with Crippen LogP contribution >= 0.6 is 38.5 Å². The van der Waals surface area contributed by atoms with Crippen LogP contribution in [-0.2, 0) is 0 Å². The van der Waals surface area contributed by atoms with Crippen LogP contribution in [0.4, 0.5) is 11.5 Å². The van der Waals surface area contributed by atoms with Crippen molar-refractivity contribution in [1.29, 1.82) is 0 Å². The summed E-state index contributed by atoms with van der Waals surface area (Å²) in [4.78, 5) is 15.8. The molecule has 1 aromatic heterocycles. The predicted molar refractivity (Wildman–Crippen MR) is 83.5 cm³/mol. The number of aromatic nitrogens is 1. The van der Waals surface area contributed by atoms with Gasteiger partial charge in [0.05, 0.1) is 5.56 Å². The summed E-state index contributed by atoms with van der Waals surface area (Å²) in [6.07, 6.45) is 1.45. The summed E-state index contributed by atoms with van der Waals surface area (Å²) >= 11 is 5.59. The minimum Gasteiger partial charge on any atom is -0.384 e. The van der Waals surface area contributed by atoms with Crippen LogP contribution in [0.1, 0.15) is 10.4 Å². The van der Waals surface area contributed by atoms with Crippen molar-refractivity contribution in [3.8, 4) is 0 Å². The van der Waals surface area contributed by atoms with Crippen molar-refractivity contribution in [3.63, 3.8) is 0 Å². The SMILES string of the molecule is Nc1ccc(C(=O)Nc2ccc(Br)c(I)c2)cn1. The molecule has 0 fully saturated rings. The van der Waals surface area contributed by atoms with Gasteiger partial charge in [-0.05, 0) is 68.9 Å². The second kappa shape index (κ2) is 5.66. The standard InChI is InChI=1S/C12H9BrIN3O/c13-9-3-2-8(5-10(9)14)17-12(18)7-1-4-11(15)16-6-7/h1-6H,(H2,15,16)(H,17,18). The fourth-order valence-electron chi connectivity index (χ4n) is 1.32. The minimum atomic E-state index is -0.208. The monoisotopic (exact) mass is 417 g/mol.